The summed E-state index contributed by atoms with van der Waals surface area (Å²) in [5, 5.41) is 0.0885. The summed E-state index contributed by atoms with van der Waals surface area (Å²) >= 11 is 5.99. The normalized spacial score (nSPS) is 13.3. The van der Waals surface area contributed by atoms with Crippen molar-refractivity contribution in [3.63, 3.8) is 0 Å². The first-order valence-corrected chi connectivity index (χ1v) is 12.1. The number of pyridine rings is 1. The molecule has 0 aliphatic carbocycles. The third-order valence-electron chi connectivity index (χ3n) is 5.06. The lowest BCUT2D eigenvalue weighted by Gasteiger charge is -2.19. The minimum Gasteiger partial charge on any atom is -0.326 e. The fraction of sp³-hybridized carbons (Fsp3) is 0.217. The van der Waals surface area contributed by atoms with E-state index in [4.69, 9.17) is 11.6 Å². The highest BCUT2D eigenvalue weighted by Gasteiger charge is 2.36. The van der Waals surface area contributed by atoms with Crippen LogP contribution in [0, 0.1) is 0 Å². The van der Waals surface area contributed by atoms with Crippen LogP contribution in [0.5, 0.6) is 0 Å². The van der Waals surface area contributed by atoms with Crippen molar-refractivity contribution in [3.05, 3.63) is 88.7 Å². The number of rotatable bonds is 7. The standard InChI is InChI=1S/C23H17ClF6N2O3S/c24-18-12-15(23(28,29)30)13-31-21(18)19(36(34,35)17-7-2-1-3-8-17)9-10-20(33)32-16-6-4-5-14(11-16)22(25,26)27/h1-8,11-13,19H,9-10H2,(H,32,33)/t19-/m1/s1. The average Bonchev–Trinajstić information content (AvgIpc) is 2.79. The van der Waals surface area contributed by atoms with Gasteiger partial charge >= 0.3 is 12.4 Å². The van der Waals surface area contributed by atoms with Crippen LogP contribution in [0.15, 0.2) is 71.8 Å². The second-order valence-electron chi connectivity index (χ2n) is 7.60. The minimum absolute atomic E-state index is 0.164. The monoisotopic (exact) mass is 550 g/mol. The van der Waals surface area contributed by atoms with Gasteiger partial charge in [-0.25, -0.2) is 8.42 Å². The number of nitrogens with zero attached hydrogens (tertiary/aromatic N) is 1. The third-order valence-corrected chi connectivity index (χ3v) is 7.50. The van der Waals surface area contributed by atoms with Crippen LogP contribution in [0.4, 0.5) is 32.0 Å². The first kappa shape index (κ1) is 27.5. The lowest BCUT2D eigenvalue weighted by atomic mass is 10.1. The molecule has 0 spiro atoms. The lowest BCUT2D eigenvalue weighted by molar-refractivity contribution is -0.138. The van der Waals surface area contributed by atoms with Gasteiger partial charge in [0.05, 0.1) is 26.7 Å². The van der Waals surface area contributed by atoms with E-state index in [1.165, 1.54) is 30.3 Å². The molecule has 0 saturated heterocycles. The molecule has 0 fully saturated rings. The maximum atomic E-state index is 13.3. The zero-order valence-electron chi connectivity index (χ0n) is 18.1. The molecule has 0 aliphatic rings. The number of hydrogen-bond donors (Lipinski definition) is 1. The molecule has 0 saturated carbocycles. The van der Waals surface area contributed by atoms with Gasteiger partial charge in [0.2, 0.25) is 5.91 Å². The van der Waals surface area contributed by atoms with Gasteiger partial charge < -0.3 is 5.32 Å². The van der Waals surface area contributed by atoms with Crippen molar-refractivity contribution in [3.8, 4) is 0 Å². The van der Waals surface area contributed by atoms with E-state index in [9.17, 15) is 39.6 Å². The van der Waals surface area contributed by atoms with Crippen molar-refractivity contribution in [2.45, 2.75) is 35.3 Å². The first-order valence-electron chi connectivity index (χ1n) is 10.2. The molecule has 1 atom stereocenters. The van der Waals surface area contributed by atoms with E-state index >= 15 is 0 Å². The molecule has 0 radical (unpaired) electrons. The summed E-state index contributed by atoms with van der Waals surface area (Å²) < 4.78 is 104. The first-order chi connectivity index (χ1) is 16.7. The summed E-state index contributed by atoms with van der Waals surface area (Å²) in [7, 11) is -4.28. The van der Waals surface area contributed by atoms with E-state index in [2.05, 4.69) is 10.3 Å². The van der Waals surface area contributed by atoms with Crippen LogP contribution in [0.2, 0.25) is 5.02 Å². The molecule has 2 aromatic carbocycles. The lowest BCUT2D eigenvalue weighted by Crippen LogP contribution is -2.20. The van der Waals surface area contributed by atoms with Gasteiger partial charge in [0.15, 0.2) is 9.84 Å². The summed E-state index contributed by atoms with van der Waals surface area (Å²) in [5.41, 5.74) is -2.73. The summed E-state index contributed by atoms with van der Waals surface area (Å²) in [6.45, 7) is 0. The van der Waals surface area contributed by atoms with Crippen molar-refractivity contribution < 1.29 is 39.6 Å². The van der Waals surface area contributed by atoms with Crippen LogP contribution in [0.1, 0.15) is 34.9 Å². The Kier molecular flexibility index (Phi) is 7.99. The highest BCUT2D eigenvalue weighted by Crippen LogP contribution is 2.38. The van der Waals surface area contributed by atoms with Crippen LogP contribution in [-0.4, -0.2) is 19.3 Å². The van der Waals surface area contributed by atoms with E-state index in [0.29, 0.717) is 18.3 Å². The van der Waals surface area contributed by atoms with E-state index in [0.717, 1.165) is 12.1 Å². The van der Waals surface area contributed by atoms with Gasteiger partial charge in [0.1, 0.15) is 5.25 Å². The Bertz CT molecular complexity index is 1350. The Labute approximate surface area is 207 Å². The van der Waals surface area contributed by atoms with Crippen LogP contribution in [0.25, 0.3) is 0 Å². The van der Waals surface area contributed by atoms with Gasteiger partial charge in [-0.05, 0) is 42.8 Å². The average molecular weight is 551 g/mol. The second kappa shape index (κ2) is 10.5. The Balaban J connectivity index is 1.90. The topological polar surface area (TPSA) is 76.1 Å². The molecule has 1 amide bonds. The molecule has 13 heteroatoms. The number of carbonyl (C=O) groups excluding carboxylic acids is 1. The number of sulfone groups is 1. The molecule has 5 nitrogen and oxygen atoms in total. The SMILES string of the molecule is O=C(CC[C@H](c1ncc(C(F)(F)F)cc1Cl)S(=O)(=O)c1ccccc1)Nc1cccc(C(F)(F)F)c1. The molecule has 0 aliphatic heterocycles. The number of benzene rings is 2. The molecule has 3 rings (SSSR count). The zero-order valence-corrected chi connectivity index (χ0v) is 19.6. The van der Waals surface area contributed by atoms with Crippen molar-refractivity contribution in [1.29, 1.82) is 0 Å². The Morgan fingerprint density at radius 3 is 2.14 bits per heavy atom. The Morgan fingerprint density at radius 2 is 1.56 bits per heavy atom. The van der Waals surface area contributed by atoms with Gasteiger partial charge in [-0.2, -0.15) is 26.3 Å². The molecule has 192 valence electrons. The van der Waals surface area contributed by atoms with Crippen LogP contribution >= 0.6 is 11.6 Å². The zero-order chi connectivity index (χ0) is 26.7. The Hall–Kier alpha value is -3.12. The number of aromatic nitrogens is 1. The number of nitrogens with one attached hydrogen (secondary N) is 1. The van der Waals surface area contributed by atoms with E-state index in [1.807, 2.05) is 0 Å². The summed E-state index contributed by atoms with van der Waals surface area (Å²) in [6.07, 6.45) is -9.93. The molecule has 3 aromatic rings. The van der Waals surface area contributed by atoms with Gasteiger partial charge in [0, 0.05) is 18.3 Å². The predicted octanol–water partition coefficient (Wildman–Crippen LogP) is 6.71. The predicted molar refractivity (Wildman–Crippen MR) is 120 cm³/mol. The van der Waals surface area contributed by atoms with Crippen LogP contribution < -0.4 is 5.32 Å². The molecule has 0 bridgehead atoms. The highest BCUT2D eigenvalue weighted by molar-refractivity contribution is 7.91. The van der Waals surface area contributed by atoms with Crippen molar-refractivity contribution in [2.75, 3.05) is 5.32 Å². The molecular formula is C23H17ClF6N2O3S. The fourth-order valence-electron chi connectivity index (χ4n) is 3.31. The van der Waals surface area contributed by atoms with E-state index < -0.39 is 62.3 Å². The quantitative estimate of drug-likeness (QED) is 0.332. The minimum atomic E-state index is -4.77. The number of alkyl halides is 6. The van der Waals surface area contributed by atoms with Crippen molar-refractivity contribution in [1.82, 2.24) is 4.98 Å². The van der Waals surface area contributed by atoms with Crippen molar-refractivity contribution >= 4 is 33.0 Å². The van der Waals surface area contributed by atoms with Gasteiger partial charge in [-0.3, -0.25) is 9.78 Å². The van der Waals surface area contributed by atoms with Gasteiger partial charge in [-0.1, -0.05) is 35.9 Å². The highest BCUT2D eigenvalue weighted by atomic mass is 35.5. The molecule has 1 aromatic heterocycles. The fourth-order valence-corrected chi connectivity index (χ4v) is 5.45. The summed E-state index contributed by atoms with van der Waals surface area (Å²) in [5.74, 6) is -0.814. The summed E-state index contributed by atoms with van der Waals surface area (Å²) in [6, 6.07) is 11.3. The number of anilines is 1. The molecule has 1 heterocycles. The second-order valence-corrected chi connectivity index (χ2v) is 10.1. The van der Waals surface area contributed by atoms with Crippen molar-refractivity contribution in [2.24, 2.45) is 0 Å². The van der Waals surface area contributed by atoms with Gasteiger partial charge in [0.25, 0.3) is 0 Å². The van der Waals surface area contributed by atoms with Gasteiger partial charge in [-0.15, -0.1) is 0 Å². The number of hydrogen-bond acceptors (Lipinski definition) is 4. The van der Waals surface area contributed by atoms with E-state index in [1.54, 1.807) is 6.07 Å². The van der Waals surface area contributed by atoms with Crippen LogP contribution in [-0.2, 0) is 27.0 Å². The molecule has 0 unspecified atom stereocenters. The molecular weight excluding hydrogens is 534 g/mol. The third kappa shape index (κ3) is 6.55. The van der Waals surface area contributed by atoms with Crippen LogP contribution in [0.3, 0.4) is 0 Å². The maximum absolute atomic E-state index is 13.3. The number of halogens is 7. The maximum Gasteiger partial charge on any atom is 0.417 e. The largest absolute Gasteiger partial charge is 0.417 e. The Morgan fingerprint density at radius 1 is 0.917 bits per heavy atom. The smallest absolute Gasteiger partial charge is 0.326 e. The summed E-state index contributed by atoms with van der Waals surface area (Å²) in [4.78, 5) is 15.9. The van der Waals surface area contributed by atoms with E-state index in [-0.39, 0.29) is 16.3 Å². The number of amides is 1. The molecule has 36 heavy (non-hydrogen) atoms. The molecule has 1 N–H and O–H groups in total. The number of carbonyl (C=O) groups is 1.